The van der Waals surface area contributed by atoms with Gasteiger partial charge in [0.05, 0.1) is 0 Å². The molecule has 1 heterocycles. The van der Waals surface area contributed by atoms with E-state index in [0.717, 1.165) is 27.6 Å². The molecule has 0 saturated carbocycles. The molecule has 0 aromatic heterocycles. The topological polar surface area (TPSA) is 27.7 Å². The predicted molar refractivity (Wildman–Crippen MR) is 105 cm³/mol. The minimum atomic E-state index is -2.50. The molecular formula is C22H18GeO3. The molecule has 1 unspecified atom stereocenters. The van der Waals surface area contributed by atoms with Crippen LogP contribution >= 0.6 is 0 Å². The Balaban J connectivity index is 1.62. The van der Waals surface area contributed by atoms with Crippen LogP contribution in [0.2, 0.25) is 0 Å². The second-order valence-electron chi connectivity index (χ2n) is 5.77. The van der Waals surface area contributed by atoms with Gasteiger partial charge in [-0.1, -0.05) is 0 Å². The van der Waals surface area contributed by atoms with Crippen molar-refractivity contribution in [2.75, 3.05) is 0 Å². The molecule has 1 aliphatic heterocycles. The Kier molecular flexibility index (Phi) is 5.08. The number of hydrogen-bond donors (Lipinski definition) is 0. The summed E-state index contributed by atoms with van der Waals surface area (Å²) in [5, 5.41) is 0. The zero-order valence-corrected chi connectivity index (χ0v) is 16.5. The van der Waals surface area contributed by atoms with Gasteiger partial charge in [-0.2, -0.15) is 0 Å². The van der Waals surface area contributed by atoms with Crippen LogP contribution in [-0.2, 0) is 0 Å². The number of ether oxygens (including phenoxy) is 2. The summed E-state index contributed by atoms with van der Waals surface area (Å²) in [5.74, 6) is 3.15. The Labute approximate surface area is 157 Å². The molecule has 3 aromatic carbocycles. The number of para-hydroxylation sites is 3. The van der Waals surface area contributed by atoms with Gasteiger partial charge in [0.2, 0.25) is 0 Å². The molecule has 0 fully saturated rings. The normalized spacial score (nSPS) is 15.8. The van der Waals surface area contributed by atoms with Gasteiger partial charge in [-0.3, -0.25) is 0 Å². The molecule has 0 N–H and O–H groups in total. The Hall–Kier alpha value is -2.92. The molecule has 0 spiro atoms. The van der Waals surface area contributed by atoms with Gasteiger partial charge >= 0.3 is 158 Å². The third kappa shape index (κ3) is 4.00. The molecule has 0 aliphatic carbocycles. The van der Waals surface area contributed by atoms with E-state index >= 15 is 0 Å². The van der Waals surface area contributed by atoms with Crippen molar-refractivity contribution in [2.24, 2.45) is 0 Å². The average Bonchev–Trinajstić information content (AvgIpc) is 3.05. The van der Waals surface area contributed by atoms with E-state index in [0.29, 0.717) is 0 Å². The SMILES string of the molecule is C1=[CH][GeH]([O]c2ccccc2)[C](Oc2ccccc2)=C1Oc1ccccc1. The maximum atomic E-state index is 6.27. The average molecular weight is 403 g/mol. The van der Waals surface area contributed by atoms with E-state index in [-0.39, 0.29) is 0 Å². The van der Waals surface area contributed by atoms with Crippen molar-refractivity contribution in [3.8, 4) is 17.2 Å². The van der Waals surface area contributed by atoms with Crippen molar-refractivity contribution in [1.29, 1.82) is 0 Å². The molecular weight excluding hydrogens is 385 g/mol. The first kappa shape index (κ1) is 16.5. The van der Waals surface area contributed by atoms with Crippen molar-refractivity contribution in [2.45, 2.75) is 0 Å². The minimum absolute atomic E-state index is 0.723. The Morgan fingerprint density at radius 2 is 1.04 bits per heavy atom. The first-order valence-electron chi connectivity index (χ1n) is 8.48. The summed E-state index contributed by atoms with van der Waals surface area (Å²) in [6.07, 6.45) is 1.97. The summed E-state index contributed by atoms with van der Waals surface area (Å²) in [6, 6.07) is 29.3. The molecule has 4 rings (SSSR count). The van der Waals surface area contributed by atoms with Gasteiger partial charge in [-0.15, -0.1) is 0 Å². The predicted octanol–water partition coefficient (Wildman–Crippen LogP) is 4.81. The fourth-order valence-electron chi connectivity index (χ4n) is 2.65. The summed E-state index contributed by atoms with van der Waals surface area (Å²) >= 11 is -2.50. The third-order valence-electron chi connectivity index (χ3n) is 3.87. The fourth-order valence-corrected chi connectivity index (χ4v) is 6.52. The standard InChI is InChI=1S/C22H18GeO3/c1-4-10-18(11-5-1)24-21-16-17-23(26-20-14-8-3-9-15-20)22(21)25-19-12-6-2-7-13-19/h1-17,23H. The first-order chi connectivity index (χ1) is 12.9. The molecule has 0 radical (unpaired) electrons. The molecule has 1 atom stereocenters. The molecule has 0 saturated heterocycles. The van der Waals surface area contributed by atoms with E-state index in [1.807, 2.05) is 97.1 Å². The van der Waals surface area contributed by atoms with Gasteiger partial charge in [0, 0.05) is 0 Å². The molecule has 0 amide bonds. The molecule has 1 aliphatic rings. The maximum absolute atomic E-state index is 6.27. The van der Waals surface area contributed by atoms with Crippen LogP contribution in [0.4, 0.5) is 0 Å². The fraction of sp³-hybridized carbons (Fsp3) is 0. The summed E-state index contributed by atoms with van der Waals surface area (Å²) in [4.78, 5) is 2.12. The van der Waals surface area contributed by atoms with Crippen LogP contribution in [0.15, 0.2) is 112 Å². The Morgan fingerprint density at radius 1 is 0.538 bits per heavy atom. The summed E-state index contributed by atoms with van der Waals surface area (Å²) in [7, 11) is 0. The van der Waals surface area contributed by atoms with Crippen LogP contribution < -0.4 is 13.2 Å². The Morgan fingerprint density at radius 3 is 1.62 bits per heavy atom. The van der Waals surface area contributed by atoms with E-state index < -0.39 is 14.7 Å². The molecule has 3 nitrogen and oxygen atoms in total. The zero-order valence-electron chi connectivity index (χ0n) is 14.1. The second-order valence-corrected chi connectivity index (χ2v) is 9.94. The van der Waals surface area contributed by atoms with Gasteiger partial charge in [-0.05, 0) is 0 Å². The van der Waals surface area contributed by atoms with Crippen LogP contribution in [-0.4, -0.2) is 14.7 Å². The Bertz CT molecular complexity index is 906. The quantitative estimate of drug-likeness (QED) is 0.554. The van der Waals surface area contributed by atoms with Gasteiger partial charge in [-0.25, -0.2) is 0 Å². The second kappa shape index (κ2) is 7.97. The van der Waals surface area contributed by atoms with E-state index in [4.69, 9.17) is 13.2 Å². The molecule has 3 aromatic rings. The monoisotopic (exact) mass is 404 g/mol. The van der Waals surface area contributed by atoms with Crippen molar-refractivity contribution in [3.05, 3.63) is 112 Å². The third-order valence-corrected chi connectivity index (χ3v) is 8.04. The molecule has 0 bridgehead atoms. The van der Waals surface area contributed by atoms with Crippen molar-refractivity contribution in [1.82, 2.24) is 0 Å². The van der Waals surface area contributed by atoms with Crippen LogP contribution in [0.1, 0.15) is 0 Å². The zero-order chi connectivity index (χ0) is 17.6. The van der Waals surface area contributed by atoms with Gasteiger partial charge < -0.3 is 0 Å². The number of allylic oxidation sites excluding steroid dienone is 1. The van der Waals surface area contributed by atoms with E-state index in [9.17, 15) is 0 Å². The van der Waals surface area contributed by atoms with Crippen molar-refractivity contribution in [3.63, 3.8) is 0 Å². The van der Waals surface area contributed by atoms with Crippen LogP contribution in [0.3, 0.4) is 0 Å². The van der Waals surface area contributed by atoms with E-state index in [1.165, 1.54) is 0 Å². The first-order valence-corrected chi connectivity index (χ1v) is 12.1. The van der Waals surface area contributed by atoms with Crippen molar-refractivity contribution >= 4 is 14.7 Å². The van der Waals surface area contributed by atoms with Crippen LogP contribution in [0.25, 0.3) is 0 Å². The molecule has 4 heteroatoms. The molecule has 26 heavy (non-hydrogen) atoms. The van der Waals surface area contributed by atoms with Crippen molar-refractivity contribution < 1.29 is 13.2 Å². The summed E-state index contributed by atoms with van der Waals surface area (Å²) < 4.78 is 19.3. The number of benzene rings is 3. The number of rotatable bonds is 6. The molecule has 128 valence electrons. The van der Waals surface area contributed by atoms with Crippen LogP contribution in [0, 0.1) is 0 Å². The van der Waals surface area contributed by atoms with Crippen LogP contribution in [0.5, 0.6) is 17.2 Å². The van der Waals surface area contributed by atoms with Gasteiger partial charge in [0.15, 0.2) is 0 Å². The summed E-state index contributed by atoms with van der Waals surface area (Å²) in [6.45, 7) is 0. The summed E-state index contributed by atoms with van der Waals surface area (Å²) in [5.41, 5.74) is 0. The number of hydrogen-bond acceptors (Lipinski definition) is 3. The van der Waals surface area contributed by atoms with E-state index in [2.05, 4.69) is 4.91 Å². The van der Waals surface area contributed by atoms with E-state index in [1.54, 1.807) is 0 Å². The van der Waals surface area contributed by atoms with Gasteiger partial charge in [0.1, 0.15) is 0 Å². The van der Waals surface area contributed by atoms with Gasteiger partial charge in [0.25, 0.3) is 0 Å².